The van der Waals surface area contributed by atoms with Crippen LogP contribution in [0.1, 0.15) is 37.6 Å². The monoisotopic (exact) mass is 472 g/mol. The Hall–Kier alpha value is -3.52. The highest BCUT2D eigenvalue weighted by Crippen LogP contribution is 2.17. The summed E-state index contributed by atoms with van der Waals surface area (Å²) in [5.74, 6) is 1.23. The van der Waals surface area contributed by atoms with Crippen LogP contribution in [0.3, 0.4) is 0 Å². The van der Waals surface area contributed by atoms with Crippen molar-refractivity contribution < 1.29 is 4.79 Å². The second-order valence-electron chi connectivity index (χ2n) is 9.19. The molecule has 1 N–H and O–H groups in total. The normalized spacial score (nSPS) is 16.3. The third kappa shape index (κ3) is 4.84. The molecule has 2 aromatic carbocycles. The number of hydrogen-bond donors (Lipinski definition) is 1. The van der Waals surface area contributed by atoms with Crippen LogP contribution in [0.2, 0.25) is 0 Å². The van der Waals surface area contributed by atoms with E-state index in [9.17, 15) is 9.59 Å². The fourth-order valence-corrected chi connectivity index (χ4v) is 5.15. The van der Waals surface area contributed by atoms with Gasteiger partial charge in [0, 0.05) is 32.0 Å². The topological polar surface area (TPSA) is 84.5 Å². The summed E-state index contributed by atoms with van der Waals surface area (Å²) in [5, 5.41) is 12.5. The second kappa shape index (κ2) is 10.4. The largest absolute Gasteiger partial charge is 0.355 e. The third-order valence-corrected chi connectivity index (χ3v) is 7.06. The van der Waals surface area contributed by atoms with Crippen molar-refractivity contribution in [2.24, 2.45) is 0 Å². The zero-order valence-electron chi connectivity index (χ0n) is 20.2. The van der Waals surface area contributed by atoms with Crippen molar-refractivity contribution in [3.8, 4) is 0 Å². The van der Waals surface area contributed by atoms with Crippen LogP contribution in [0, 0.1) is 0 Å². The van der Waals surface area contributed by atoms with E-state index >= 15 is 0 Å². The number of nitrogens with one attached hydrogen (secondary N) is 1. The minimum Gasteiger partial charge on any atom is -0.355 e. The molecule has 0 aliphatic carbocycles. The molecule has 1 aliphatic heterocycles. The highest BCUT2D eigenvalue weighted by atomic mass is 16.1. The number of hydrogen-bond acceptors (Lipinski definition) is 5. The van der Waals surface area contributed by atoms with Gasteiger partial charge in [0.15, 0.2) is 0 Å². The maximum atomic E-state index is 13.3. The maximum Gasteiger partial charge on any atom is 0.262 e. The Morgan fingerprint density at radius 3 is 2.69 bits per heavy atom. The average Bonchev–Trinajstić information content (AvgIpc) is 3.53. The molecule has 0 saturated carbocycles. The summed E-state index contributed by atoms with van der Waals surface area (Å²) < 4.78 is 3.64. The van der Waals surface area contributed by atoms with Gasteiger partial charge in [0.1, 0.15) is 5.82 Å². The van der Waals surface area contributed by atoms with Gasteiger partial charge in [-0.15, -0.1) is 10.2 Å². The van der Waals surface area contributed by atoms with Gasteiger partial charge < -0.3 is 5.32 Å². The fourth-order valence-electron chi connectivity index (χ4n) is 5.15. The smallest absolute Gasteiger partial charge is 0.262 e. The Labute approximate surface area is 204 Å². The van der Waals surface area contributed by atoms with Gasteiger partial charge in [-0.3, -0.25) is 23.5 Å². The van der Waals surface area contributed by atoms with E-state index in [-0.39, 0.29) is 11.5 Å². The fraction of sp³-hybridized carbons (Fsp3) is 0.407. The summed E-state index contributed by atoms with van der Waals surface area (Å²) >= 11 is 0. The highest BCUT2D eigenvalue weighted by Gasteiger charge is 2.23. The van der Waals surface area contributed by atoms with Crippen molar-refractivity contribution >= 4 is 22.6 Å². The first-order valence-electron chi connectivity index (χ1n) is 12.6. The molecular weight excluding hydrogens is 440 g/mol. The van der Waals surface area contributed by atoms with Crippen LogP contribution < -0.4 is 10.9 Å². The average molecular weight is 473 g/mol. The van der Waals surface area contributed by atoms with Crippen LogP contribution in [0.4, 0.5) is 0 Å². The van der Waals surface area contributed by atoms with Crippen molar-refractivity contribution in [3.63, 3.8) is 0 Å². The Bertz CT molecular complexity index is 1380. The number of carbonyl (C=O) groups excluding carboxylic acids is 1. The molecule has 0 bridgehead atoms. The molecule has 3 heterocycles. The van der Waals surface area contributed by atoms with Gasteiger partial charge in [-0.05, 0) is 50.0 Å². The lowest BCUT2D eigenvalue weighted by molar-refractivity contribution is -0.121. The standard InChI is InChI=1S/C27H32N6O2/c1-2-31-17-8-11-21(31)19-28-25(34)15-14-24-29-30-27-32(18-16-20-9-4-3-5-10-20)26(35)22-12-6-7-13-23(22)33(24)27/h3-7,9-10,12-13,21H,2,8,11,14-19H2,1H3,(H,28,34)/t21-/m1/s1. The van der Waals surface area contributed by atoms with E-state index in [2.05, 4.69) is 39.5 Å². The van der Waals surface area contributed by atoms with Crippen molar-refractivity contribution in [2.45, 2.75) is 51.6 Å². The molecule has 1 aliphatic rings. The number of likely N-dealkylation sites (N-methyl/N-ethyl adjacent to an activating group) is 1. The Morgan fingerprint density at radius 1 is 1.06 bits per heavy atom. The van der Waals surface area contributed by atoms with Gasteiger partial charge in [-0.2, -0.15) is 0 Å². The lowest BCUT2D eigenvalue weighted by Gasteiger charge is -2.22. The number of nitrogens with zero attached hydrogens (tertiary/aromatic N) is 5. The molecule has 35 heavy (non-hydrogen) atoms. The van der Waals surface area contributed by atoms with Crippen LogP contribution >= 0.6 is 0 Å². The number of likely N-dealkylation sites (tertiary alicyclic amines) is 1. The Balaban J connectivity index is 1.37. The van der Waals surface area contributed by atoms with E-state index < -0.39 is 0 Å². The van der Waals surface area contributed by atoms with Gasteiger partial charge in [0.25, 0.3) is 5.56 Å². The molecule has 1 atom stereocenters. The van der Waals surface area contributed by atoms with E-state index in [1.165, 1.54) is 6.42 Å². The van der Waals surface area contributed by atoms with E-state index in [0.29, 0.717) is 49.0 Å². The molecule has 1 fully saturated rings. The molecule has 1 amide bonds. The number of benzene rings is 2. The Kier molecular flexibility index (Phi) is 6.90. The highest BCUT2D eigenvalue weighted by molar-refractivity contribution is 5.80. The molecule has 4 aromatic rings. The first-order chi connectivity index (χ1) is 17.2. The molecule has 8 nitrogen and oxygen atoms in total. The number of amides is 1. The first-order valence-corrected chi connectivity index (χ1v) is 12.6. The first kappa shape index (κ1) is 23.2. The molecular formula is C27H32N6O2. The lowest BCUT2D eigenvalue weighted by atomic mass is 10.1. The molecule has 0 spiro atoms. The molecule has 0 unspecified atom stereocenters. The number of carbonyl (C=O) groups is 1. The summed E-state index contributed by atoms with van der Waals surface area (Å²) in [6.45, 7) is 5.49. The van der Waals surface area contributed by atoms with Crippen LogP contribution in [-0.4, -0.2) is 55.6 Å². The molecule has 8 heteroatoms. The van der Waals surface area contributed by atoms with Crippen LogP contribution in [0.25, 0.3) is 16.7 Å². The van der Waals surface area contributed by atoms with Crippen molar-refractivity contribution in [1.82, 2.24) is 29.4 Å². The summed E-state index contributed by atoms with van der Waals surface area (Å²) in [5.41, 5.74) is 1.86. The summed E-state index contributed by atoms with van der Waals surface area (Å²) in [4.78, 5) is 28.4. The number of para-hydroxylation sites is 1. The third-order valence-electron chi connectivity index (χ3n) is 7.06. The van der Waals surface area contributed by atoms with Crippen LogP contribution in [0.15, 0.2) is 59.4 Å². The zero-order valence-corrected chi connectivity index (χ0v) is 20.2. The predicted octanol–water partition coefficient (Wildman–Crippen LogP) is 2.82. The van der Waals surface area contributed by atoms with Gasteiger partial charge >= 0.3 is 0 Å². The molecule has 1 saturated heterocycles. The van der Waals surface area contributed by atoms with Crippen molar-refractivity contribution in [2.75, 3.05) is 19.6 Å². The van der Waals surface area contributed by atoms with Crippen LogP contribution in [-0.2, 0) is 24.2 Å². The number of aromatic nitrogens is 4. The van der Waals surface area contributed by atoms with Crippen molar-refractivity contribution in [3.05, 3.63) is 76.3 Å². The van der Waals surface area contributed by atoms with E-state index in [1.54, 1.807) is 4.57 Å². The molecule has 182 valence electrons. The van der Waals surface area contributed by atoms with Crippen LogP contribution in [0.5, 0.6) is 0 Å². The van der Waals surface area contributed by atoms with E-state index in [1.807, 2.05) is 46.9 Å². The summed E-state index contributed by atoms with van der Waals surface area (Å²) in [6, 6.07) is 18.1. The SMILES string of the molecule is CCN1CCC[C@@H]1CNC(=O)CCc1nnc2n(CCc3ccccc3)c(=O)c3ccccc3n12. The van der Waals surface area contributed by atoms with Gasteiger partial charge in [0.05, 0.1) is 10.9 Å². The summed E-state index contributed by atoms with van der Waals surface area (Å²) in [6.07, 6.45) is 3.83. The van der Waals surface area contributed by atoms with Gasteiger partial charge in [0.2, 0.25) is 11.7 Å². The number of rotatable bonds is 9. The summed E-state index contributed by atoms with van der Waals surface area (Å²) in [7, 11) is 0. The number of fused-ring (bicyclic) bond motifs is 3. The minimum atomic E-state index is -0.0715. The number of aryl methyl sites for hydroxylation is 3. The lowest BCUT2D eigenvalue weighted by Crippen LogP contribution is -2.40. The molecule has 5 rings (SSSR count). The maximum absolute atomic E-state index is 13.3. The predicted molar refractivity (Wildman–Crippen MR) is 136 cm³/mol. The van der Waals surface area contributed by atoms with E-state index in [4.69, 9.17) is 0 Å². The van der Waals surface area contributed by atoms with Crippen molar-refractivity contribution in [1.29, 1.82) is 0 Å². The van der Waals surface area contributed by atoms with E-state index in [0.717, 1.165) is 37.0 Å². The van der Waals surface area contributed by atoms with Gasteiger partial charge in [-0.1, -0.05) is 49.4 Å². The van der Waals surface area contributed by atoms with Gasteiger partial charge in [-0.25, -0.2) is 0 Å². The quantitative estimate of drug-likeness (QED) is 0.405. The molecule has 2 aromatic heterocycles. The molecule has 0 radical (unpaired) electrons. The zero-order chi connectivity index (χ0) is 24.2. The second-order valence-corrected chi connectivity index (χ2v) is 9.19. The Morgan fingerprint density at radius 2 is 1.86 bits per heavy atom. The minimum absolute atomic E-state index is 0.0198.